The Morgan fingerprint density at radius 1 is 1.71 bits per heavy atom. The number of ether oxygens (including phenoxy) is 1. The number of rotatable bonds is 3. The van der Waals surface area contributed by atoms with Crippen LogP contribution in [0.5, 0.6) is 0 Å². The third-order valence-corrected chi connectivity index (χ3v) is 2.57. The molecule has 0 saturated carbocycles. The Bertz CT molecular complexity index is 437. The Labute approximate surface area is 94.2 Å². The van der Waals surface area contributed by atoms with Gasteiger partial charge in [-0.25, -0.2) is 4.98 Å². The quantitative estimate of drug-likeness (QED) is 0.495. The molecule has 3 N–H and O–H groups in total. The number of nitrogens with one attached hydrogen (secondary N) is 1. The van der Waals surface area contributed by atoms with Crippen molar-refractivity contribution < 1.29 is 24.3 Å². The van der Waals surface area contributed by atoms with Crippen LogP contribution >= 0.6 is 0 Å². The monoisotopic (exact) mass is 247 g/mol. The van der Waals surface area contributed by atoms with Gasteiger partial charge in [0.2, 0.25) is 0 Å². The van der Waals surface area contributed by atoms with Gasteiger partial charge in [-0.2, -0.15) is 4.39 Å². The number of imidazole rings is 1. The van der Waals surface area contributed by atoms with Gasteiger partial charge in [-0.15, -0.1) is 0 Å². The van der Waals surface area contributed by atoms with Crippen molar-refractivity contribution in [3.63, 3.8) is 0 Å². The fraction of sp³-hybridized carbons (Fsp3) is 0.625. The number of hydrogen-bond donors (Lipinski definition) is 3. The van der Waals surface area contributed by atoms with E-state index >= 15 is 0 Å². The van der Waals surface area contributed by atoms with Crippen molar-refractivity contribution in [1.82, 2.24) is 9.97 Å². The van der Waals surface area contributed by atoms with Gasteiger partial charge in [-0.05, 0) is 9.91 Å². The number of aliphatic hydroxyl groups is 2. The molecule has 1 fully saturated rings. The predicted octanol–water partition coefficient (Wildman–Crippen LogP) is -0.360. The molecule has 1 saturated heterocycles. The van der Waals surface area contributed by atoms with Crippen molar-refractivity contribution in [2.45, 2.75) is 24.7 Å². The lowest BCUT2D eigenvalue weighted by atomic mass is 10.1. The first-order chi connectivity index (χ1) is 8.02. The van der Waals surface area contributed by atoms with Crippen molar-refractivity contribution in [2.75, 3.05) is 6.61 Å². The minimum atomic E-state index is -1.03. The highest BCUT2D eigenvalue weighted by molar-refractivity contribution is 5.16. The van der Waals surface area contributed by atoms with Gasteiger partial charge in [0, 0.05) is 6.42 Å². The molecular formula is C8H10FN3O5. The van der Waals surface area contributed by atoms with Gasteiger partial charge in [0.1, 0.15) is 12.2 Å². The second kappa shape index (κ2) is 4.35. The van der Waals surface area contributed by atoms with Crippen LogP contribution in [0.1, 0.15) is 18.2 Å². The van der Waals surface area contributed by atoms with E-state index in [1.807, 2.05) is 0 Å². The number of aromatic nitrogens is 2. The third-order valence-electron chi connectivity index (χ3n) is 2.57. The summed E-state index contributed by atoms with van der Waals surface area (Å²) in [5.41, 5.74) is -0.188. The molecular weight excluding hydrogens is 237 g/mol. The highest BCUT2D eigenvalue weighted by Crippen LogP contribution is 2.33. The molecule has 0 bridgehead atoms. The smallest absolute Gasteiger partial charge is 0.394 e. The zero-order valence-corrected chi connectivity index (χ0v) is 8.54. The summed E-state index contributed by atoms with van der Waals surface area (Å²) >= 11 is 0. The maximum absolute atomic E-state index is 13.3. The minimum absolute atomic E-state index is 0.0431. The summed E-state index contributed by atoms with van der Waals surface area (Å²) in [6.07, 6.45) is -2.58. The fourth-order valence-corrected chi connectivity index (χ4v) is 1.73. The Morgan fingerprint density at radius 3 is 2.88 bits per heavy atom. The van der Waals surface area contributed by atoms with Gasteiger partial charge in [0.05, 0.1) is 12.7 Å². The zero-order valence-electron chi connectivity index (χ0n) is 8.54. The molecule has 0 aromatic carbocycles. The summed E-state index contributed by atoms with van der Waals surface area (Å²) in [5, 5.41) is 28.7. The number of aromatic amines is 1. The van der Waals surface area contributed by atoms with Crippen molar-refractivity contribution in [2.24, 2.45) is 0 Å². The van der Waals surface area contributed by atoms with E-state index in [9.17, 15) is 19.6 Å². The van der Waals surface area contributed by atoms with E-state index in [1.165, 1.54) is 0 Å². The molecule has 0 aliphatic carbocycles. The van der Waals surface area contributed by atoms with Crippen LogP contribution in [0.15, 0.2) is 0 Å². The Kier molecular flexibility index (Phi) is 3.05. The molecule has 17 heavy (non-hydrogen) atoms. The van der Waals surface area contributed by atoms with Crippen LogP contribution in [-0.2, 0) is 4.74 Å². The number of nitro groups is 1. The Balaban J connectivity index is 2.21. The maximum atomic E-state index is 13.3. The first-order valence-corrected chi connectivity index (χ1v) is 4.87. The number of hydrogen-bond acceptors (Lipinski definition) is 6. The summed E-state index contributed by atoms with van der Waals surface area (Å²) < 4.78 is 18.5. The lowest BCUT2D eigenvalue weighted by molar-refractivity contribution is -0.394. The number of H-pyrrole nitrogens is 1. The lowest BCUT2D eigenvalue weighted by Gasteiger charge is -2.09. The van der Waals surface area contributed by atoms with E-state index < -0.39 is 41.7 Å². The molecule has 94 valence electrons. The normalized spacial score (nSPS) is 28.5. The van der Waals surface area contributed by atoms with Crippen LogP contribution in [0.2, 0.25) is 0 Å². The fourth-order valence-electron chi connectivity index (χ4n) is 1.73. The molecule has 0 radical (unpaired) electrons. The molecule has 1 unspecified atom stereocenters. The second-order valence-corrected chi connectivity index (χ2v) is 3.67. The van der Waals surface area contributed by atoms with Crippen molar-refractivity contribution in [3.8, 4) is 0 Å². The Hall–Kier alpha value is -1.58. The number of nitrogens with zero attached hydrogens (tertiary/aromatic N) is 2. The molecule has 0 spiro atoms. The molecule has 1 aromatic rings. The number of halogens is 1. The average molecular weight is 247 g/mol. The summed E-state index contributed by atoms with van der Waals surface area (Å²) in [7, 11) is 0. The van der Waals surface area contributed by atoms with E-state index in [2.05, 4.69) is 9.97 Å². The van der Waals surface area contributed by atoms with Gasteiger partial charge >= 0.3 is 11.9 Å². The molecule has 9 heteroatoms. The molecule has 2 rings (SSSR count). The van der Waals surface area contributed by atoms with Crippen LogP contribution in [0.25, 0.3) is 0 Å². The summed E-state index contributed by atoms with van der Waals surface area (Å²) in [6, 6.07) is 0. The SMILES string of the molecule is O=[N+]([O-])c1nc(F)c(C2C[C@H](O)[C@@H](CO)O2)[nH]1. The average Bonchev–Trinajstić information content (AvgIpc) is 2.81. The molecule has 0 amide bonds. The number of aliphatic hydroxyl groups excluding tert-OH is 2. The van der Waals surface area contributed by atoms with Gasteiger partial charge in [0.15, 0.2) is 5.69 Å². The van der Waals surface area contributed by atoms with Gasteiger partial charge in [-0.1, -0.05) is 0 Å². The molecule has 1 aromatic heterocycles. The van der Waals surface area contributed by atoms with Crippen LogP contribution in [0.4, 0.5) is 10.3 Å². The lowest BCUT2D eigenvalue weighted by Crippen LogP contribution is -2.24. The molecule has 2 heterocycles. The summed E-state index contributed by atoms with van der Waals surface area (Å²) in [4.78, 5) is 14.8. The Morgan fingerprint density at radius 2 is 2.41 bits per heavy atom. The summed E-state index contributed by atoms with van der Waals surface area (Å²) in [5.74, 6) is -1.75. The van der Waals surface area contributed by atoms with Crippen molar-refractivity contribution in [3.05, 3.63) is 21.8 Å². The molecule has 1 aliphatic rings. The van der Waals surface area contributed by atoms with E-state index in [-0.39, 0.29) is 12.1 Å². The zero-order chi connectivity index (χ0) is 12.6. The van der Waals surface area contributed by atoms with Crippen molar-refractivity contribution in [1.29, 1.82) is 0 Å². The van der Waals surface area contributed by atoms with E-state index in [1.54, 1.807) is 0 Å². The van der Waals surface area contributed by atoms with E-state index in [0.717, 1.165) is 0 Å². The van der Waals surface area contributed by atoms with Crippen LogP contribution in [0.3, 0.4) is 0 Å². The van der Waals surface area contributed by atoms with Gasteiger partial charge in [-0.3, -0.25) is 0 Å². The largest absolute Gasteiger partial charge is 0.435 e. The maximum Gasteiger partial charge on any atom is 0.435 e. The predicted molar refractivity (Wildman–Crippen MR) is 50.5 cm³/mol. The minimum Gasteiger partial charge on any atom is -0.394 e. The van der Waals surface area contributed by atoms with Crippen LogP contribution in [0, 0.1) is 16.1 Å². The van der Waals surface area contributed by atoms with E-state index in [4.69, 9.17) is 9.84 Å². The van der Waals surface area contributed by atoms with Gasteiger partial charge < -0.3 is 25.1 Å². The second-order valence-electron chi connectivity index (χ2n) is 3.67. The molecule has 3 atom stereocenters. The highest BCUT2D eigenvalue weighted by Gasteiger charge is 2.39. The van der Waals surface area contributed by atoms with E-state index in [0.29, 0.717) is 0 Å². The van der Waals surface area contributed by atoms with Crippen molar-refractivity contribution >= 4 is 5.95 Å². The van der Waals surface area contributed by atoms with Crippen LogP contribution < -0.4 is 0 Å². The van der Waals surface area contributed by atoms with Gasteiger partial charge in [0.25, 0.3) is 0 Å². The topological polar surface area (TPSA) is 122 Å². The van der Waals surface area contributed by atoms with Crippen LogP contribution in [-0.4, -0.2) is 43.9 Å². The molecule has 8 nitrogen and oxygen atoms in total. The highest BCUT2D eigenvalue weighted by atomic mass is 19.1. The third kappa shape index (κ3) is 2.12. The standard InChI is InChI=1S/C8H10FN3O5/c9-7-6(10-8(11-7)12(15)16)4-1-3(14)5(2-13)17-4/h3-5,13-14H,1-2H2,(H,10,11)/t3-,4?,5+/m0/s1. The summed E-state index contributed by atoms with van der Waals surface area (Å²) in [6.45, 7) is -0.407. The molecule has 1 aliphatic heterocycles. The first-order valence-electron chi connectivity index (χ1n) is 4.87. The first kappa shape index (κ1) is 11.9.